The van der Waals surface area contributed by atoms with Gasteiger partial charge in [-0.3, -0.25) is 9.48 Å². The predicted octanol–water partition coefficient (Wildman–Crippen LogP) is 2.03. The molecule has 1 amide bonds. The maximum Gasteiger partial charge on any atom is 0.276 e. The molecule has 2 aliphatic rings. The number of carbonyl (C=O) groups is 1. The number of carbonyl (C=O) groups excluding carboxylic acids is 1. The van der Waals surface area contributed by atoms with Crippen LogP contribution in [0.3, 0.4) is 0 Å². The minimum atomic E-state index is -0.0579. The highest BCUT2D eigenvalue weighted by Gasteiger charge is 2.40. The highest BCUT2D eigenvalue weighted by molar-refractivity contribution is 5.93. The Morgan fingerprint density at radius 1 is 1.38 bits per heavy atom. The number of aryl methyl sites for hydroxylation is 1. The summed E-state index contributed by atoms with van der Waals surface area (Å²) in [6.45, 7) is 5.04. The first-order valence-corrected chi connectivity index (χ1v) is 8.41. The number of likely N-dealkylation sites (tertiary alicyclic amines) is 1. The van der Waals surface area contributed by atoms with Gasteiger partial charge in [-0.25, -0.2) is 0 Å². The zero-order chi connectivity index (χ0) is 16.7. The van der Waals surface area contributed by atoms with E-state index in [2.05, 4.69) is 10.3 Å². The number of aromatic nitrogens is 3. The number of rotatable bonds is 2. The van der Waals surface area contributed by atoms with E-state index < -0.39 is 0 Å². The van der Waals surface area contributed by atoms with Crippen LogP contribution in [-0.4, -0.2) is 52.0 Å². The van der Waals surface area contributed by atoms with Crippen molar-refractivity contribution in [2.75, 3.05) is 26.3 Å². The molecule has 0 bridgehead atoms. The molecule has 7 heteroatoms. The molecule has 4 rings (SSSR count). The highest BCUT2D eigenvalue weighted by Crippen LogP contribution is 2.38. The Morgan fingerprint density at radius 3 is 2.96 bits per heavy atom. The van der Waals surface area contributed by atoms with Crippen LogP contribution < -0.4 is 0 Å². The van der Waals surface area contributed by atoms with E-state index in [-0.39, 0.29) is 11.3 Å². The summed E-state index contributed by atoms with van der Waals surface area (Å²) in [5.41, 5.74) is 2.35. The van der Waals surface area contributed by atoms with Gasteiger partial charge < -0.3 is 14.2 Å². The molecule has 2 fully saturated rings. The summed E-state index contributed by atoms with van der Waals surface area (Å²) in [6.07, 6.45) is 4.92. The van der Waals surface area contributed by atoms with Crippen molar-refractivity contribution >= 4 is 5.91 Å². The molecule has 0 aliphatic carbocycles. The van der Waals surface area contributed by atoms with Crippen LogP contribution >= 0.6 is 0 Å². The van der Waals surface area contributed by atoms with Gasteiger partial charge in [-0.1, -0.05) is 5.16 Å². The normalized spacial score (nSPS) is 24.0. The average Bonchev–Trinajstić information content (AvgIpc) is 3.30. The number of hydrogen-bond donors (Lipinski definition) is 0. The lowest BCUT2D eigenvalue weighted by Crippen LogP contribution is -2.46. The van der Waals surface area contributed by atoms with Crippen LogP contribution in [0.2, 0.25) is 0 Å². The van der Waals surface area contributed by atoms with Crippen LogP contribution in [0.5, 0.6) is 0 Å². The summed E-state index contributed by atoms with van der Waals surface area (Å²) in [5.74, 6) is 0.525. The van der Waals surface area contributed by atoms with Gasteiger partial charge in [-0.2, -0.15) is 5.10 Å². The second-order valence-corrected chi connectivity index (χ2v) is 6.98. The summed E-state index contributed by atoms with van der Waals surface area (Å²) in [6, 6.07) is 1.72. The van der Waals surface area contributed by atoms with Crippen LogP contribution in [-0.2, 0) is 11.8 Å². The molecule has 7 nitrogen and oxygen atoms in total. The standard InChI is InChI=1S/C17H22N4O3/c1-12-13(9-18-20(12)2)15-8-14(19-24-15)16(22)21-6-3-4-17(10-21)5-7-23-11-17/h8-9H,3-7,10-11H2,1-2H3. The Morgan fingerprint density at radius 2 is 2.25 bits per heavy atom. The van der Waals surface area contributed by atoms with Crippen LogP contribution in [0.25, 0.3) is 11.3 Å². The molecule has 1 unspecified atom stereocenters. The molecule has 1 atom stereocenters. The lowest BCUT2D eigenvalue weighted by atomic mass is 9.79. The molecule has 24 heavy (non-hydrogen) atoms. The molecule has 1 spiro atoms. The zero-order valence-electron chi connectivity index (χ0n) is 14.1. The van der Waals surface area contributed by atoms with Crippen molar-refractivity contribution in [3.63, 3.8) is 0 Å². The van der Waals surface area contributed by atoms with Crippen molar-refractivity contribution in [3.05, 3.63) is 23.7 Å². The van der Waals surface area contributed by atoms with E-state index >= 15 is 0 Å². The Labute approximate surface area is 140 Å². The molecule has 0 N–H and O–H groups in total. The van der Waals surface area contributed by atoms with Crippen molar-refractivity contribution in [1.82, 2.24) is 19.8 Å². The molecule has 0 saturated carbocycles. The molecule has 0 radical (unpaired) electrons. The van der Waals surface area contributed by atoms with Gasteiger partial charge in [0.2, 0.25) is 0 Å². The first-order chi connectivity index (χ1) is 11.6. The Balaban J connectivity index is 1.54. The first-order valence-electron chi connectivity index (χ1n) is 8.41. The van der Waals surface area contributed by atoms with Crippen LogP contribution in [0, 0.1) is 12.3 Å². The smallest absolute Gasteiger partial charge is 0.276 e. The molecule has 4 heterocycles. The highest BCUT2D eigenvalue weighted by atomic mass is 16.5. The fourth-order valence-corrected chi connectivity index (χ4v) is 3.76. The summed E-state index contributed by atoms with van der Waals surface area (Å²) in [5, 5.41) is 8.20. The van der Waals surface area contributed by atoms with E-state index in [4.69, 9.17) is 9.26 Å². The third-order valence-electron chi connectivity index (χ3n) is 5.36. The molecule has 2 aromatic rings. The molecular weight excluding hydrogens is 308 g/mol. The maximum absolute atomic E-state index is 12.8. The molecule has 0 aromatic carbocycles. The number of hydrogen-bond acceptors (Lipinski definition) is 5. The summed E-state index contributed by atoms with van der Waals surface area (Å²) in [4.78, 5) is 14.7. The van der Waals surface area contributed by atoms with Crippen molar-refractivity contribution in [2.45, 2.75) is 26.2 Å². The SMILES string of the molecule is Cc1c(-c2cc(C(=O)N3CCCC4(CCOC4)C3)no2)cnn1C. The zero-order valence-corrected chi connectivity index (χ0v) is 14.1. The van der Waals surface area contributed by atoms with E-state index in [9.17, 15) is 4.79 Å². The first kappa shape index (κ1) is 15.4. The van der Waals surface area contributed by atoms with Gasteiger partial charge in [0.05, 0.1) is 18.4 Å². The monoisotopic (exact) mass is 330 g/mol. The molecule has 2 aliphatic heterocycles. The van der Waals surface area contributed by atoms with Crippen LogP contribution in [0.4, 0.5) is 0 Å². The molecular formula is C17H22N4O3. The lowest BCUT2D eigenvalue weighted by molar-refractivity contribution is 0.0454. The van der Waals surface area contributed by atoms with Gasteiger partial charge in [0.25, 0.3) is 5.91 Å². The van der Waals surface area contributed by atoms with Crippen molar-refractivity contribution in [3.8, 4) is 11.3 Å². The molecule has 2 saturated heterocycles. The van der Waals surface area contributed by atoms with Gasteiger partial charge in [-0.15, -0.1) is 0 Å². The summed E-state index contributed by atoms with van der Waals surface area (Å²) >= 11 is 0. The number of piperidine rings is 1. The van der Waals surface area contributed by atoms with Crippen molar-refractivity contribution < 1.29 is 14.1 Å². The fraction of sp³-hybridized carbons (Fsp3) is 0.588. The minimum Gasteiger partial charge on any atom is -0.381 e. The topological polar surface area (TPSA) is 73.4 Å². The summed E-state index contributed by atoms with van der Waals surface area (Å²) in [7, 11) is 1.87. The second-order valence-electron chi connectivity index (χ2n) is 6.98. The van der Waals surface area contributed by atoms with Gasteiger partial charge >= 0.3 is 0 Å². The van der Waals surface area contributed by atoms with Crippen LogP contribution in [0.15, 0.2) is 16.8 Å². The number of nitrogens with zero attached hydrogens (tertiary/aromatic N) is 4. The van der Waals surface area contributed by atoms with E-state index in [1.807, 2.05) is 18.9 Å². The number of ether oxygens (including phenoxy) is 1. The Hall–Kier alpha value is -2.15. The molecule has 2 aromatic heterocycles. The Bertz CT molecular complexity index is 758. The third-order valence-corrected chi connectivity index (χ3v) is 5.36. The third kappa shape index (κ3) is 2.53. The summed E-state index contributed by atoms with van der Waals surface area (Å²) < 4.78 is 12.7. The average molecular weight is 330 g/mol. The van der Waals surface area contributed by atoms with Gasteiger partial charge in [-0.05, 0) is 26.2 Å². The van der Waals surface area contributed by atoms with E-state index in [1.54, 1.807) is 16.9 Å². The van der Waals surface area contributed by atoms with Gasteiger partial charge in [0.1, 0.15) is 0 Å². The van der Waals surface area contributed by atoms with E-state index in [1.165, 1.54) is 0 Å². The second kappa shape index (κ2) is 5.73. The molecule has 128 valence electrons. The van der Waals surface area contributed by atoms with E-state index in [0.29, 0.717) is 11.5 Å². The van der Waals surface area contributed by atoms with Gasteiger partial charge in [0.15, 0.2) is 11.5 Å². The largest absolute Gasteiger partial charge is 0.381 e. The quantitative estimate of drug-likeness (QED) is 0.842. The maximum atomic E-state index is 12.8. The van der Waals surface area contributed by atoms with Crippen LogP contribution in [0.1, 0.15) is 35.4 Å². The van der Waals surface area contributed by atoms with Crippen molar-refractivity contribution in [1.29, 1.82) is 0 Å². The number of amides is 1. The van der Waals surface area contributed by atoms with Crippen molar-refractivity contribution in [2.24, 2.45) is 12.5 Å². The predicted molar refractivity (Wildman–Crippen MR) is 86.4 cm³/mol. The minimum absolute atomic E-state index is 0.0579. The lowest BCUT2D eigenvalue weighted by Gasteiger charge is -2.39. The Kier molecular flexibility index (Phi) is 3.68. The fourth-order valence-electron chi connectivity index (χ4n) is 3.76. The van der Waals surface area contributed by atoms with E-state index in [0.717, 1.165) is 56.8 Å². The van der Waals surface area contributed by atoms with Gasteiger partial charge in [0, 0.05) is 43.9 Å².